The maximum Gasteiger partial charge on any atom is 0.266 e. The first-order valence-electron chi connectivity index (χ1n) is 11.4. The number of hydrogen-bond donors (Lipinski definition) is 0. The number of thioether (sulfide) groups is 1. The van der Waals surface area contributed by atoms with E-state index in [4.69, 9.17) is 4.98 Å². The van der Waals surface area contributed by atoms with E-state index < -0.39 is 9.84 Å². The SMILES string of the molecule is CCC(C)N(C(=O)CSc1nc2ccccc2c(=O)n1-c1ccccc1C)C1CCS(=O)(=O)C1. The number of benzene rings is 2. The van der Waals surface area contributed by atoms with Gasteiger partial charge in [0.15, 0.2) is 15.0 Å². The molecule has 4 rings (SSSR count). The van der Waals surface area contributed by atoms with Crippen molar-refractivity contribution in [2.75, 3.05) is 17.3 Å². The number of aromatic nitrogens is 2. The number of nitrogens with zero attached hydrogens (tertiary/aromatic N) is 3. The largest absolute Gasteiger partial charge is 0.335 e. The number of carbonyl (C=O) groups excluding carboxylic acids is 1. The Morgan fingerprint density at radius 2 is 1.91 bits per heavy atom. The number of hydrogen-bond acceptors (Lipinski definition) is 6. The predicted molar refractivity (Wildman–Crippen MR) is 136 cm³/mol. The van der Waals surface area contributed by atoms with Crippen molar-refractivity contribution >= 4 is 38.4 Å². The van der Waals surface area contributed by atoms with E-state index in [2.05, 4.69) is 0 Å². The highest BCUT2D eigenvalue weighted by Gasteiger charge is 2.36. The van der Waals surface area contributed by atoms with Crippen molar-refractivity contribution in [2.45, 2.75) is 50.9 Å². The molecule has 1 amide bonds. The van der Waals surface area contributed by atoms with Gasteiger partial charge in [-0.2, -0.15) is 0 Å². The summed E-state index contributed by atoms with van der Waals surface area (Å²) < 4.78 is 25.7. The summed E-state index contributed by atoms with van der Waals surface area (Å²) in [4.78, 5) is 33.3. The molecule has 0 saturated carbocycles. The molecule has 0 bridgehead atoms. The van der Waals surface area contributed by atoms with Gasteiger partial charge >= 0.3 is 0 Å². The Balaban J connectivity index is 1.70. The molecule has 3 aromatic rings. The van der Waals surface area contributed by atoms with Gasteiger partial charge in [0.05, 0.1) is 33.8 Å². The average molecular weight is 500 g/mol. The number of amides is 1. The molecule has 0 N–H and O–H groups in total. The van der Waals surface area contributed by atoms with Crippen molar-refractivity contribution in [1.29, 1.82) is 0 Å². The highest BCUT2D eigenvalue weighted by Crippen LogP contribution is 2.26. The summed E-state index contributed by atoms with van der Waals surface area (Å²) in [5, 5.41) is 0.952. The van der Waals surface area contributed by atoms with Gasteiger partial charge in [-0.1, -0.05) is 49.0 Å². The van der Waals surface area contributed by atoms with Gasteiger partial charge < -0.3 is 4.90 Å². The molecule has 1 aromatic heterocycles. The molecule has 34 heavy (non-hydrogen) atoms. The summed E-state index contributed by atoms with van der Waals surface area (Å²) in [6.07, 6.45) is 1.19. The molecule has 0 aliphatic carbocycles. The minimum atomic E-state index is -3.12. The van der Waals surface area contributed by atoms with E-state index >= 15 is 0 Å². The van der Waals surface area contributed by atoms with Crippen LogP contribution in [0.4, 0.5) is 0 Å². The number of rotatable bonds is 7. The molecule has 1 saturated heterocycles. The van der Waals surface area contributed by atoms with Crippen molar-refractivity contribution in [2.24, 2.45) is 0 Å². The van der Waals surface area contributed by atoms with Crippen molar-refractivity contribution in [1.82, 2.24) is 14.5 Å². The first-order chi connectivity index (χ1) is 16.2. The molecule has 0 spiro atoms. The molecule has 2 aromatic carbocycles. The molecular formula is C25H29N3O4S2. The van der Waals surface area contributed by atoms with Crippen LogP contribution in [0, 0.1) is 6.92 Å². The van der Waals surface area contributed by atoms with Crippen LogP contribution < -0.4 is 5.56 Å². The highest BCUT2D eigenvalue weighted by molar-refractivity contribution is 7.99. The lowest BCUT2D eigenvalue weighted by molar-refractivity contribution is -0.132. The number of aryl methyl sites for hydroxylation is 1. The summed E-state index contributed by atoms with van der Waals surface area (Å²) >= 11 is 1.21. The first-order valence-corrected chi connectivity index (χ1v) is 14.2. The zero-order valence-corrected chi connectivity index (χ0v) is 21.2. The Kier molecular flexibility index (Phi) is 7.14. The molecule has 0 radical (unpaired) electrons. The third-order valence-corrected chi connectivity index (χ3v) is 9.06. The van der Waals surface area contributed by atoms with Gasteiger partial charge in [-0.25, -0.2) is 13.4 Å². The van der Waals surface area contributed by atoms with Crippen LogP contribution in [0.5, 0.6) is 0 Å². The molecule has 2 unspecified atom stereocenters. The monoisotopic (exact) mass is 499 g/mol. The zero-order valence-electron chi connectivity index (χ0n) is 19.6. The number of para-hydroxylation sites is 2. The Morgan fingerprint density at radius 1 is 1.21 bits per heavy atom. The van der Waals surface area contributed by atoms with Crippen molar-refractivity contribution in [3.63, 3.8) is 0 Å². The van der Waals surface area contributed by atoms with Gasteiger partial charge in [0.1, 0.15) is 0 Å². The Morgan fingerprint density at radius 3 is 2.59 bits per heavy atom. The summed E-state index contributed by atoms with van der Waals surface area (Å²) in [6, 6.07) is 14.4. The van der Waals surface area contributed by atoms with E-state index in [-0.39, 0.29) is 40.8 Å². The normalized spacial score (nSPS) is 18.1. The van der Waals surface area contributed by atoms with Crippen LogP contribution in [-0.2, 0) is 14.6 Å². The van der Waals surface area contributed by atoms with Gasteiger partial charge in [0.2, 0.25) is 5.91 Å². The second kappa shape index (κ2) is 9.92. The van der Waals surface area contributed by atoms with E-state index in [1.165, 1.54) is 11.8 Å². The van der Waals surface area contributed by atoms with Crippen LogP contribution in [-0.4, -0.2) is 58.1 Å². The lowest BCUT2D eigenvalue weighted by atomic mass is 10.1. The summed E-state index contributed by atoms with van der Waals surface area (Å²) in [7, 11) is -3.12. The first kappa shape index (κ1) is 24.5. The van der Waals surface area contributed by atoms with Crippen LogP contribution in [0.3, 0.4) is 0 Å². The lowest BCUT2D eigenvalue weighted by Crippen LogP contribution is -2.47. The topological polar surface area (TPSA) is 89.3 Å². The van der Waals surface area contributed by atoms with Gasteiger partial charge in [0, 0.05) is 12.1 Å². The quantitative estimate of drug-likeness (QED) is 0.365. The van der Waals surface area contributed by atoms with Crippen LogP contribution in [0.15, 0.2) is 58.5 Å². The smallest absolute Gasteiger partial charge is 0.266 e. The van der Waals surface area contributed by atoms with Crippen molar-refractivity contribution in [3.8, 4) is 5.69 Å². The standard InChI is InChI=1S/C25H29N3O4S2/c1-4-18(3)27(19-13-14-34(31,32)16-19)23(29)15-33-25-26-21-11-7-6-10-20(21)24(30)28(25)22-12-8-5-9-17(22)2/h5-12,18-19H,4,13-16H2,1-3H3. The lowest BCUT2D eigenvalue weighted by Gasteiger charge is -2.33. The van der Waals surface area contributed by atoms with Crippen LogP contribution in [0.25, 0.3) is 16.6 Å². The minimum Gasteiger partial charge on any atom is -0.335 e. The van der Waals surface area contributed by atoms with Gasteiger partial charge in [0.25, 0.3) is 5.56 Å². The Hall–Kier alpha value is -2.65. The molecular weight excluding hydrogens is 470 g/mol. The molecule has 1 fully saturated rings. The molecule has 1 aliphatic heterocycles. The van der Waals surface area contributed by atoms with E-state index in [9.17, 15) is 18.0 Å². The molecule has 1 aliphatic rings. The molecule has 180 valence electrons. The predicted octanol–water partition coefficient (Wildman–Crippen LogP) is 3.60. The van der Waals surface area contributed by atoms with Crippen LogP contribution in [0.1, 0.15) is 32.3 Å². The third kappa shape index (κ3) is 4.90. The minimum absolute atomic E-state index is 0.00981. The maximum absolute atomic E-state index is 13.5. The number of fused-ring (bicyclic) bond motifs is 1. The van der Waals surface area contributed by atoms with E-state index in [1.807, 2.05) is 57.2 Å². The zero-order chi connectivity index (χ0) is 24.5. The number of sulfone groups is 1. The average Bonchev–Trinajstić information content (AvgIpc) is 3.17. The van der Waals surface area contributed by atoms with Crippen LogP contribution >= 0.6 is 11.8 Å². The molecule has 2 atom stereocenters. The Bertz CT molecular complexity index is 1380. The van der Waals surface area contributed by atoms with Crippen LogP contribution in [0.2, 0.25) is 0 Å². The molecule has 2 heterocycles. The summed E-state index contributed by atoms with van der Waals surface area (Å²) in [5.41, 5.74) is 2.04. The Labute approximate surface area is 204 Å². The van der Waals surface area contributed by atoms with Crippen molar-refractivity contribution in [3.05, 3.63) is 64.4 Å². The maximum atomic E-state index is 13.5. The van der Waals surface area contributed by atoms with Gasteiger partial charge in [-0.15, -0.1) is 0 Å². The highest BCUT2D eigenvalue weighted by atomic mass is 32.2. The van der Waals surface area contributed by atoms with E-state index in [1.54, 1.807) is 21.6 Å². The van der Waals surface area contributed by atoms with E-state index in [0.717, 1.165) is 17.7 Å². The molecule has 9 heteroatoms. The fourth-order valence-electron chi connectivity index (χ4n) is 4.44. The second-order valence-corrected chi connectivity index (χ2v) is 11.9. The summed E-state index contributed by atoms with van der Waals surface area (Å²) in [5.74, 6) is 0.0533. The second-order valence-electron chi connectivity index (χ2n) is 8.74. The third-order valence-electron chi connectivity index (χ3n) is 6.38. The van der Waals surface area contributed by atoms with Gasteiger partial charge in [-0.3, -0.25) is 14.2 Å². The fraction of sp³-hybridized carbons (Fsp3) is 0.400. The van der Waals surface area contributed by atoms with Gasteiger partial charge in [-0.05, 0) is 50.5 Å². The summed E-state index contributed by atoms with van der Waals surface area (Å²) in [6.45, 7) is 5.87. The number of carbonyl (C=O) groups is 1. The van der Waals surface area contributed by atoms with E-state index in [0.29, 0.717) is 22.5 Å². The van der Waals surface area contributed by atoms with Crippen molar-refractivity contribution < 1.29 is 13.2 Å². The molecule has 7 nitrogen and oxygen atoms in total. The fourth-order valence-corrected chi connectivity index (χ4v) is 7.02.